The second-order valence-corrected chi connectivity index (χ2v) is 4.67. The van der Waals surface area contributed by atoms with Gasteiger partial charge in [0.25, 0.3) is 0 Å². The first-order valence-corrected chi connectivity index (χ1v) is 5.70. The summed E-state index contributed by atoms with van der Waals surface area (Å²) in [6.07, 6.45) is 3.07. The fourth-order valence-corrected chi connectivity index (χ4v) is 2.02. The zero-order valence-electron chi connectivity index (χ0n) is 10.5. The average molecular weight is 209 g/mol. The Kier molecular flexibility index (Phi) is 4.33. The van der Waals surface area contributed by atoms with Gasteiger partial charge < -0.3 is 5.32 Å². The Morgan fingerprint density at radius 1 is 1.40 bits per heavy atom. The summed E-state index contributed by atoms with van der Waals surface area (Å²) in [6, 6.07) is 2.64. The highest BCUT2D eigenvalue weighted by Crippen LogP contribution is 2.19. The summed E-state index contributed by atoms with van der Waals surface area (Å²) in [4.78, 5) is 0. The third-order valence-corrected chi connectivity index (χ3v) is 3.17. The van der Waals surface area contributed by atoms with Crippen molar-refractivity contribution in [2.75, 3.05) is 7.05 Å². The minimum atomic E-state index is 0.534. The molecule has 0 amide bonds. The molecular formula is C12H23N3. The Balaban J connectivity index is 2.66. The maximum atomic E-state index is 4.44. The van der Waals surface area contributed by atoms with Crippen LogP contribution in [0.1, 0.15) is 26.5 Å². The molecule has 86 valence electrons. The predicted octanol–water partition coefficient (Wildman–Crippen LogP) is 1.84. The molecule has 2 unspecified atom stereocenters. The summed E-state index contributed by atoms with van der Waals surface area (Å²) in [5.41, 5.74) is 1.19. The van der Waals surface area contributed by atoms with Gasteiger partial charge >= 0.3 is 0 Å². The summed E-state index contributed by atoms with van der Waals surface area (Å²) in [7, 11) is 3.99. The fourth-order valence-electron chi connectivity index (χ4n) is 2.02. The number of rotatable bonds is 5. The Labute approximate surface area is 92.9 Å². The molecule has 3 nitrogen and oxygen atoms in total. The van der Waals surface area contributed by atoms with Crippen LogP contribution in [0.2, 0.25) is 0 Å². The van der Waals surface area contributed by atoms with E-state index in [1.54, 1.807) is 0 Å². The van der Waals surface area contributed by atoms with E-state index >= 15 is 0 Å². The summed E-state index contributed by atoms with van der Waals surface area (Å²) < 4.78 is 1.87. The maximum Gasteiger partial charge on any atom is 0.0627 e. The second-order valence-electron chi connectivity index (χ2n) is 4.67. The lowest BCUT2D eigenvalue weighted by atomic mass is 9.85. The van der Waals surface area contributed by atoms with Gasteiger partial charge in [-0.1, -0.05) is 13.8 Å². The number of nitrogens with zero attached hydrogens (tertiary/aromatic N) is 2. The first-order chi connectivity index (χ1) is 7.04. The molecule has 1 aromatic rings. The van der Waals surface area contributed by atoms with Crippen LogP contribution in [-0.4, -0.2) is 22.9 Å². The fraction of sp³-hybridized carbons (Fsp3) is 0.750. The molecule has 0 bridgehead atoms. The van der Waals surface area contributed by atoms with Crippen LogP contribution in [0.25, 0.3) is 0 Å². The highest BCUT2D eigenvalue weighted by molar-refractivity contribution is 5.01. The molecule has 0 aliphatic rings. The third kappa shape index (κ3) is 3.34. The molecular weight excluding hydrogens is 186 g/mol. The second kappa shape index (κ2) is 5.31. The molecule has 0 radical (unpaired) electrons. The number of hydrogen-bond acceptors (Lipinski definition) is 2. The molecule has 0 spiro atoms. The quantitative estimate of drug-likeness (QED) is 0.802. The van der Waals surface area contributed by atoms with Gasteiger partial charge in [0.15, 0.2) is 0 Å². The van der Waals surface area contributed by atoms with E-state index in [2.05, 4.69) is 37.3 Å². The summed E-state index contributed by atoms with van der Waals surface area (Å²) in [6.45, 7) is 6.80. The molecule has 0 fully saturated rings. The molecule has 0 aromatic carbocycles. The first kappa shape index (κ1) is 12.2. The smallest absolute Gasteiger partial charge is 0.0627 e. The average Bonchev–Trinajstić information content (AvgIpc) is 2.59. The van der Waals surface area contributed by atoms with E-state index in [-0.39, 0.29) is 0 Å². The van der Waals surface area contributed by atoms with E-state index < -0.39 is 0 Å². The standard InChI is InChI=1S/C12H23N3/c1-9(2)12(10(3)13-4)8-11-6-7-15(5)14-11/h6-7,9-10,12-13H,8H2,1-5H3. The summed E-state index contributed by atoms with van der Waals surface area (Å²) in [5, 5.41) is 7.78. The van der Waals surface area contributed by atoms with Crippen LogP contribution in [0.4, 0.5) is 0 Å². The van der Waals surface area contributed by atoms with Gasteiger partial charge in [-0.25, -0.2) is 0 Å². The largest absolute Gasteiger partial charge is 0.317 e. The monoisotopic (exact) mass is 209 g/mol. The van der Waals surface area contributed by atoms with E-state index in [9.17, 15) is 0 Å². The number of aryl methyl sites for hydroxylation is 1. The normalized spacial score (nSPS) is 15.6. The number of hydrogen-bond donors (Lipinski definition) is 1. The molecule has 2 atom stereocenters. The molecule has 1 heterocycles. The van der Waals surface area contributed by atoms with Crippen LogP contribution in [0.5, 0.6) is 0 Å². The molecule has 0 aliphatic carbocycles. The van der Waals surface area contributed by atoms with Crippen LogP contribution in [0, 0.1) is 11.8 Å². The Bertz CT molecular complexity index is 291. The van der Waals surface area contributed by atoms with Gasteiger partial charge in [0.05, 0.1) is 5.69 Å². The van der Waals surface area contributed by atoms with Crippen LogP contribution < -0.4 is 5.32 Å². The lowest BCUT2D eigenvalue weighted by Crippen LogP contribution is -2.35. The van der Waals surface area contributed by atoms with Crippen molar-refractivity contribution in [3.8, 4) is 0 Å². The number of aromatic nitrogens is 2. The molecule has 0 saturated heterocycles. The van der Waals surface area contributed by atoms with E-state index in [1.165, 1.54) is 5.69 Å². The molecule has 1 rings (SSSR count). The van der Waals surface area contributed by atoms with Crippen molar-refractivity contribution in [3.63, 3.8) is 0 Å². The maximum absolute atomic E-state index is 4.44. The highest BCUT2D eigenvalue weighted by Gasteiger charge is 2.20. The molecule has 0 aliphatic heterocycles. The Morgan fingerprint density at radius 2 is 2.07 bits per heavy atom. The van der Waals surface area contributed by atoms with Crippen molar-refractivity contribution < 1.29 is 0 Å². The molecule has 1 aromatic heterocycles. The Morgan fingerprint density at radius 3 is 2.47 bits per heavy atom. The third-order valence-electron chi connectivity index (χ3n) is 3.17. The predicted molar refractivity (Wildman–Crippen MR) is 63.8 cm³/mol. The minimum absolute atomic E-state index is 0.534. The molecule has 1 N–H and O–H groups in total. The van der Waals surface area contributed by atoms with Crippen molar-refractivity contribution in [2.24, 2.45) is 18.9 Å². The van der Waals surface area contributed by atoms with Crippen molar-refractivity contribution in [1.82, 2.24) is 15.1 Å². The van der Waals surface area contributed by atoms with Crippen LogP contribution in [0.15, 0.2) is 12.3 Å². The van der Waals surface area contributed by atoms with E-state index in [0.717, 1.165) is 6.42 Å². The lowest BCUT2D eigenvalue weighted by Gasteiger charge is -2.26. The number of nitrogens with one attached hydrogen (secondary N) is 1. The summed E-state index contributed by atoms with van der Waals surface area (Å²) >= 11 is 0. The van der Waals surface area contributed by atoms with E-state index in [0.29, 0.717) is 17.9 Å². The van der Waals surface area contributed by atoms with Crippen molar-refractivity contribution in [2.45, 2.75) is 33.2 Å². The van der Waals surface area contributed by atoms with E-state index in [1.807, 2.05) is 25.0 Å². The van der Waals surface area contributed by atoms with Gasteiger partial charge in [-0.3, -0.25) is 4.68 Å². The van der Waals surface area contributed by atoms with Crippen molar-refractivity contribution in [3.05, 3.63) is 18.0 Å². The van der Waals surface area contributed by atoms with Gasteiger partial charge in [0, 0.05) is 19.3 Å². The minimum Gasteiger partial charge on any atom is -0.317 e. The highest BCUT2D eigenvalue weighted by atomic mass is 15.2. The van der Waals surface area contributed by atoms with Gasteiger partial charge in [0.2, 0.25) is 0 Å². The van der Waals surface area contributed by atoms with Gasteiger partial charge in [-0.05, 0) is 38.3 Å². The first-order valence-electron chi connectivity index (χ1n) is 5.70. The van der Waals surface area contributed by atoms with Crippen LogP contribution in [0.3, 0.4) is 0 Å². The topological polar surface area (TPSA) is 29.9 Å². The van der Waals surface area contributed by atoms with E-state index in [4.69, 9.17) is 0 Å². The Hall–Kier alpha value is -0.830. The summed E-state index contributed by atoms with van der Waals surface area (Å²) in [5.74, 6) is 1.32. The van der Waals surface area contributed by atoms with Crippen LogP contribution >= 0.6 is 0 Å². The van der Waals surface area contributed by atoms with Gasteiger partial charge in [0.1, 0.15) is 0 Å². The zero-order chi connectivity index (χ0) is 11.4. The lowest BCUT2D eigenvalue weighted by molar-refractivity contribution is 0.297. The van der Waals surface area contributed by atoms with Crippen molar-refractivity contribution in [1.29, 1.82) is 0 Å². The molecule has 0 saturated carbocycles. The van der Waals surface area contributed by atoms with Crippen molar-refractivity contribution >= 4 is 0 Å². The van der Waals surface area contributed by atoms with Gasteiger partial charge in [-0.2, -0.15) is 5.10 Å². The molecule has 15 heavy (non-hydrogen) atoms. The SMILES string of the molecule is CNC(C)C(Cc1ccn(C)n1)C(C)C. The van der Waals surface area contributed by atoms with Gasteiger partial charge in [-0.15, -0.1) is 0 Å². The molecule has 3 heteroatoms. The zero-order valence-corrected chi connectivity index (χ0v) is 10.5. The van der Waals surface area contributed by atoms with Crippen LogP contribution in [-0.2, 0) is 13.5 Å².